The van der Waals surface area contributed by atoms with Gasteiger partial charge in [0, 0.05) is 18.1 Å². The molecule has 1 aliphatic heterocycles. The molecule has 0 spiro atoms. The van der Waals surface area contributed by atoms with Crippen LogP contribution in [0.4, 0.5) is 4.79 Å². The molecule has 1 heterocycles. The number of nitrogens with zero attached hydrogens (tertiary/aromatic N) is 1. The van der Waals surface area contributed by atoms with Gasteiger partial charge in [0.15, 0.2) is 0 Å². The van der Waals surface area contributed by atoms with E-state index in [1.54, 1.807) is 0 Å². The molecule has 1 aliphatic carbocycles. The van der Waals surface area contributed by atoms with Crippen LogP contribution >= 0.6 is 0 Å². The summed E-state index contributed by atoms with van der Waals surface area (Å²) in [6.45, 7) is 4.24. The maximum atomic E-state index is 12.2. The van der Waals surface area contributed by atoms with Crippen LogP contribution in [-0.2, 0) is 0 Å². The van der Waals surface area contributed by atoms with Gasteiger partial charge in [-0.1, -0.05) is 0 Å². The molecule has 0 aromatic heterocycles. The van der Waals surface area contributed by atoms with Crippen molar-refractivity contribution in [2.24, 2.45) is 0 Å². The maximum Gasteiger partial charge on any atom is 0.318 e. The summed E-state index contributed by atoms with van der Waals surface area (Å²) in [5.41, 5.74) is 0. The third-order valence-electron chi connectivity index (χ3n) is 4.21. The highest BCUT2D eigenvalue weighted by molar-refractivity contribution is 5.75. The Balaban J connectivity index is 1.84. The number of hydrogen-bond donors (Lipinski definition) is 2. The predicted molar refractivity (Wildman–Crippen MR) is 66.8 cm³/mol. The first-order chi connectivity index (χ1) is 8.08. The Labute approximate surface area is 103 Å². The fraction of sp³-hybridized carbons (Fsp3) is 0.923. The molecule has 17 heavy (non-hydrogen) atoms. The fourth-order valence-corrected chi connectivity index (χ4v) is 3.06. The van der Waals surface area contributed by atoms with Crippen LogP contribution in [-0.4, -0.2) is 40.3 Å². The minimum atomic E-state index is -0.159. The molecule has 0 radical (unpaired) electrons. The number of carbonyl (C=O) groups excluding carboxylic acids is 1. The molecule has 0 aromatic rings. The first-order valence-corrected chi connectivity index (χ1v) is 6.85. The van der Waals surface area contributed by atoms with Crippen molar-refractivity contribution in [1.29, 1.82) is 0 Å². The second-order valence-corrected chi connectivity index (χ2v) is 5.64. The van der Waals surface area contributed by atoms with E-state index in [1.807, 2.05) is 4.90 Å². The average molecular weight is 240 g/mol. The predicted octanol–water partition coefficient (Wildman–Crippen LogP) is 1.87. The van der Waals surface area contributed by atoms with Crippen LogP contribution in [0.15, 0.2) is 0 Å². The van der Waals surface area contributed by atoms with E-state index in [2.05, 4.69) is 19.2 Å². The van der Waals surface area contributed by atoms with Crippen molar-refractivity contribution in [3.63, 3.8) is 0 Å². The third-order valence-corrected chi connectivity index (χ3v) is 4.21. The number of aliphatic hydroxyl groups is 1. The van der Waals surface area contributed by atoms with E-state index < -0.39 is 0 Å². The molecule has 4 nitrogen and oxygen atoms in total. The molecular formula is C13H24N2O2. The summed E-state index contributed by atoms with van der Waals surface area (Å²) in [5.74, 6) is 0. The molecule has 4 heteroatoms. The van der Waals surface area contributed by atoms with Crippen molar-refractivity contribution < 1.29 is 9.90 Å². The molecule has 0 aromatic carbocycles. The molecule has 2 N–H and O–H groups in total. The van der Waals surface area contributed by atoms with E-state index in [0.717, 1.165) is 38.5 Å². The van der Waals surface area contributed by atoms with E-state index >= 15 is 0 Å². The van der Waals surface area contributed by atoms with Gasteiger partial charge in [0.1, 0.15) is 0 Å². The molecule has 2 rings (SSSR count). The molecule has 2 atom stereocenters. The normalized spacial score (nSPS) is 38.2. The van der Waals surface area contributed by atoms with Gasteiger partial charge in [-0.25, -0.2) is 4.79 Å². The van der Waals surface area contributed by atoms with Crippen LogP contribution < -0.4 is 5.32 Å². The van der Waals surface area contributed by atoms with Gasteiger partial charge in [-0.15, -0.1) is 0 Å². The standard InChI is InChI=1S/C13H24N2O2/c1-9-3-4-10(2)15(9)13(17)14-11-5-7-12(16)8-6-11/h9-12,16H,3-8H2,1-2H3,(H,14,17). The van der Waals surface area contributed by atoms with Gasteiger partial charge in [-0.2, -0.15) is 0 Å². The molecular weight excluding hydrogens is 216 g/mol. The molecule has 1 saturated carbocycles. The highest BCUT2D eigenvalue weighted by atomic mass is 16.3. The fourth-order valence-electron chi connectivity index (χ4n) is 3.06. The van der Waals surface area contributed by atoms with Crippen LogP contribution in [0.2, 0.25) is 0 Å². The number of rotatable bonds is 1. The van der Waals surface area contributed by atoms with Gasteiger partial charge in [-0.3, -0.25) is 0 Å². The number of likely N-dealkylation sites (tertiary alicyclic amines) is 1. The topological polar surface area (TPSA) is 52.6 Å². The van der Waals surface area contributed by atoms with Crippen LogP contribution in [0.5, 0.6) is 0 Å². The summed E-state index contributed by atoms with van der Waals surface area (Å²) < 4.78 is 0. The Morgan fingerprint density at radius 3 is 2.12 bits per heavy atom. The lowest BCUT2D eigenvalue weighted by Crippen LogP contribution is -2.49. The summed E-state index contributed by atoms with van der Waals surface area (Å²) in [4.78, 5) is 14.1. The maximum absolute atomic E-state index is 12.2. The Bertz CT molecular complexity index is 265. The number of aliphatic hydroxyl groups excluding tert-OH is 1. The smallest absolute Gasteiger partial charge is 0.318 e. The third kappa shape index (κ3) is 2.92. The van der Waals surface area contributed by atoms with Gasteiger partial charge < -0.3 is 15.3 Å². The molecule has 98 valence electrons. The van der Waals surface area contributed by atoms with Gasteiger partial charge in [-0.05, 0) is 52.4 Å². The number of urea groups is 1. The van der Waals surface area contributed by atoms with E-state index in [9.17, 15) is 9.90 Å². The largest absolute Gasteiger partial charge is 0.393 e. The van der Waals surface area contributed by atoms with E-state index in [0.29, 0.717) is 12.1 Å². The molecule has 2 fully saturated rings. The molecule has 2 unspecified atom stereocenters. The highest BCUT2D eigenvalue weighted by Gasteiger charge is 2.32. The number of nitrogens with one attached hydrogen (secondary N) is 1. The van der Waals surface area contributed by atoms with Crippen LogP contribution in [0, 0.1) is 0 Å². The average Bonchev–Trinajstić information content (AvgIpc) is 2.62. The summed E-state index contributed by atoms with van der Waals surface area (Å²) >= 11 is 0. The molecule has 0 bridgehead atoms. The van der Waals surface area contributed by atoms with Crippen molar-refractivity contribution in [3.8, 4) is 0 Å². The number of carbonyl (C=O) groups is 1. The Kier molecular flexibility index (Phi) is 3.92. The van der Waals surface area contributed by atoms with Gasteiger partial charge in [0.05, 0.1) is 6.10 Å². The zero-order valence-electron chi connectivity index (χ0n) is 10.9. The Hall–Kier alpha value is -0.770. The van der Waals surface area contributed by atoms with Crippen molar-refractivity contribution in [2.75, 3.05) is 0 Å². The van der Waals surface area contributed by atoms with Crippen LogP contribution in [0.25, 0.3) is 0 Å². The molecule has 2 amide bonds. The van der Waals surface area contributed by atoms with Crippen LogP contribution in [0.1, 0.15) is 52.4 Å². The van der Waals surface area contributed by atoms with Crippen molar-refractivity contribution in [3.05, 3.63) is 0 Å². The zero-order chi connectivity index (χ0) is 12.4. The Morgan fingerprint density at radius 2 is 1.59 bits per heavy atom. The van der Waals surface area contributed by atoms with E-state index in [4.69, 9.17) is 0 Å². The first-order valence-electron chi connectivity index (χ1n) is 6.85. The number of amides is 2. The highest BCUT2D eigenvalue weighted by Crippen LogP contribution is 2.24. The summed E-state index contributed by atoms with van der Waals surface area (Å²) in [5, 5.41) is 12.6. The first kappa shape index (κ1) is 12.7. The Morgan fingerprint density at radius 1 is 1.06 bits per heavy atom. The lowest BCUT2D eigenvalue weighted by atomic mass is 9.93. The quantitative estimate of drug-likeness (QED) is 0.735. The molecule has 1 saturated heterocycles. The summed E-state index contributed by atoms with van der Waals surface area (Å²) in [6, 6.07) is 1.06. The van der Waals surface area contributed by atoms with E-state index in [-0.39, 0.29) is 18.2 Å². The second-order valence-electron chi connectivity index (χ2n) is 5.64. The summed E-state index contributed by atoms with van der Waals surface area (Å²) in [7, 11) is 0. The van der Waals surface area contributed by atoms with Gasteiger partial charge in [0.25, 0.3) is 0 Å². The van der Waals surface area contributed by atoms with E-state index in [1.165, 1.54) is 0 Å². The van der Waals surface area contributed by atoms with Crippen molar-refractivity contribution in [2.45, 2.75) is 76.6 Å². The summed E-state index contributed by atoms with van der Waals surface area (Å²) in [6.07, 6.45) is 5.50. The minimum Gasteiger partial charge on any atom is -0.393 e. The lowest BCUT2D eigenvalue weighted by molar-refractivity contribution is 0.113. The van der Waals surface area contributed by atoms with Crippen molar-refractivity contribution >= 4 is 6.03 Å². The van der Waals surface area contributed by atoms with Gasteiger partial charge in [0.2, 0.25) is 0 Å². The molecule has 2 aliphatic rings. The van der Waals surface area contributed by atoms with Crippen molar-refractivity contribution in [1.82, 2.24) is 10.2 Å². The lowest BCUT2D eigenvalue weighted by Gasteiger charge is -2.31. The second kappa shape index (κ2) is 5.25. The number of hydrogen-bond acceptors (Lipinski definition) is 2. The van der Waals surface area contributed by atoms with Gasteiger partial charge >= 0.3 is 6.03 Å². The zero-order valence-corrected chi connectivity index (χ0v) is 10.9. The minimum absolute atomic E-state index is 0.0869. The van der Waals surface area contributed by atoms with Crippen LogP contribution in [0.3, 0.4) is 0 Å². The SMILES string of the molecule is CC1CCC(C)N1C(=O)NC1CCC(O)CC1. The monoisotopic (exact) mass is 240 g/mol.